The molecule has 0 aromatic carbocycles. The molecule has 1 aromatic rings. The van der Waals surface area contributed by atoms with Gasteiger partial charge in [-0.1, -0.05) is 313 Å². The molecule has 1 saturated heterocycles. The zero-order valence-corrected chi connectivity index (χ0v) is 59.2. The Bertz CT molecular complexity index is 1920. The van der Waals surface area contributed by atoms with E-state index in [2.05, 4.69) is 88.5 Å². The average Bonchev–Trinajstić information content (AvgIpc) is 3.90. The summed E-state index contributed by atoms with van der Waals surface area (Å²) in [4.78, 5) is 59.1. The largest absolute Gasteiger partial charge is 0.408 e. The van der Waals surface area contributed by atoms with Crippen LogP contribution in [-0.4, -0.2) is 73.9 Å². The zero-order valence-electron chi connectivity index (χ0n) is 57.2. The Labute approximate surface area is 514 Å². The van der Waals surface area contributed by atoms with Crippen molar-refractivity contribution in [2.24, 2.45) is 0 Å². The van der Waals surface area contributed by atoms with Gasteiger partial charge in [-0.3, -0.25) is 19.0 Å². The first-order valence-electron chi connectivity index (χ1n) is 35.8. The summed E-state index contributed by atoms with van der Waals surface area (Å²) in [6.07, 6.45) is 51.6. The second-order valence-electron chi connectivity index (χ2n) is 29.0. The molecule has 0 spiro atoms. The smallest absolute Gasteiger partial charge is 0.340 e. The maximum atomic E-state index is 14.8. The van der Waals surface area contributed by atoms with Gasteiger partial charge in [0, 0.05) is 38.2 Å². The fraction of sp³-hybridized carbons (Fsp3) is 0.915. The standard InChI is InChI=1S/C71H137N3O7Si2/c1-14-17-20-23-26-29-32-35-36-37-40-43-46-49-52-55-59-72(63(75)56-53-50-47-44-41-38-33-30-27-24-21-18-15-2)61-62-66(80-82(10,11)70(4,5)6)67(81-83(12,13)71(7,8)9)68(79-62)73-60-58-65(77)74(69(73)78)64(76)57-54-51-48-45-42-39-34-31-28-25-22-19-16-3/h58,60,62,66-68H,14-57,59,61H2,1-13H3/t62-,66-,67-,68-/m1/s1. The Morgan fingerprint density at radius 2 is 0.783 bits per heavy atom. The van der Waals surface area contributed by atoms with Crippen LogP contribution in [0.3, 0.4) is 0 Å². The fourth-order valence-corrected chi connectivity index (χ4v) is 14.1. The first kappa shape index (κ1) is 77.2. The van der Waals surface area contributed by atoms with E-state index in [1.54, 1.807) is 0 Å². The Morgan fingerprint density at radius 3 is 1.13 bits per heavy atom. The first-order valence-corrected chi connectivity index (χ1v) is 41.6. The summed E-state index contributed by atoms with van der Waals surface area (Å²) in [5.74, 6) is -0.329. The highest BCUT2D eigenvalue weighted by Gasteiger charge is 2.55. The van der Waals surface area contributed by atoms with Crippen LogP contribution in [0.5, 0.6) is 0 Å². The molecule has 12 heteroatoms. The summed E-state index contributed by atoms with van der Waals surface area (Å²) in [5.41, 5.74) is -1.33. The molecule has 2 rings (SSSR count). The molecule has 0 unspecified atom stereocenters. The number of carbonyl (C=O) groups excluding carboxylic acids is 2. The van der Waals surface area contributed by atoms with E-state index in [1.807, 2.05) is 4.90 Å². The van der Waals surface area contributed by atoms with Gasteiger partial charge >= 0.3 is 5.69 Å². The van der Waals surface area contributed by atoms with Crippen molar-refractivity contribution in [1.82, 2.24) is 14.0 Å². The zero-order chi connectivity index (χ0) is 61.4. The Morgan fingerprint density at radius 1 is 0.470 bits per heavy atom. The third-order valence-corrected chi connectivity index (χ3v) is 28.3. The molecule has 1 aliphatic heterocycles. The molecule has 0 saturated carbocycles. The van der Waals surface area contributed by atoms with Crippen molar-refractivity contribution >= 4 is 28.4 Å². The van der Waals surface area contributed by atoms with E-state index in [0.717, 1.165) is 62.4 Å². The number of hydrogen-bond donors (Lipinski definition) is 0. The molecule has 0 aliphatic carbocycles. The number of carbonyl (C=O) groups is 2. The molecular weight excluding hydrogens is 1060 g/mol. The first-order chi connectivity index (χ1) is 39.6. The lowest BCUT2D eigenvalue weighted by atomic mass is 10.0. The number of nitrogens with zero attached hydrogens (tertiary/aromatic N) is 3. The van der Waals surface area contributed by atoms with Gasteiger partial charge in [-0.15, -0.1) is 0 Å². The lowest BCUT2D eigenvalue weighted by molar-refractivity contribution is -0.134. The lowest BCUT2D eigenvalue weighted by Crippen LogP contribution is -2.55. The summed E-state index contributed by atoms with van der Waals surface area (Å²) in [6, 6.07) is 1.33. The van der Waals surface area contributed by atoms with Gasteiger partial charge in [0.15, 0.2) is 22.9 Å². The highest BCUT2D eigenvalue weighted by atomic mass is 28.4. The predicted molar refractivity (Wildman–Crippen MR) is 360 cm³/mol. The molecule has 10 nitrogen and oxygen atoms in total. The Hall–Kier alpha value is -1.87. The Balaban J connectivity index is 2.34. The van der Waals surface area contributed by atoms with Gasteiger partial charge in [-0.2, -0.15) is 4.57 Å². The number of ether oxygens (including phenoxy) is 1. The maximum Gasteiger partial charge on any atom is 0.340 e. The summed E-state index contributed by atoms with van der Waals surface area (Å²) in [5, 5.41) is -0.341. The van der Waals surface area contributed by atoms with Gasteiger partial charge in [0.2, 0.25) is 11.8 Å². The molecule has 0 radical (unpaired) electrons. The quantitative estimate of drug-likeness (QED) is 0.0472. The summed E-state index contributed by atoms with van der Waals surface area (Å²) in [6.45, 7) is 30.0. The van der Waals surface area contributed by atoms with Gasteiger partial charge in [0.25, 0.3) is 5.56 Å². The molecule has 1 aliphatic rings. The number of rotatable bonds is 52. The minimum atomic E-state index is -2.59. The molecule has 486 valence electrons. The van der Waals surface area contributed by atoms with Crippen LogP contribution in [-0.2, 0) is 18.4 Å². The van der Waals surface area contributed by atoms with E-state index in [4.69, 9.17) is 13.6 Å². The third kappa shape index (κ3) is 32.3. The van der Waals surface area contributed by atoms with Crippen molar-refractivity contribution in [2.45, 2.75) is 406 Å². The average molecular weight is 1200 g/mol. The molecular formula is C71H137N3O7Si2. The van der Waals surface area contributed by atoms with Crippen molar-refractivity contribution in [3.05, 3.63) is 33.1 Å². The normalized spacial score (nSPS) is 17.0. The lowest BCUT2D eigenvalue weighted by Gasteiger charge is -2.44. The number of aromatic nitrogens is 2. The van der Waals surface area contributed by atoms with E-state index in [0.29, 0.717) is 25.9 Å². The highest BCUT2D eigenvalue weighted by molar-refractivity contribution is 6.74. The minimum Gasteiger partial charge on any atom is -0.408 e. The maximum absolute atomic E-state index is 14.8. The number of amides is 1. The van der Waals surface area contributed by atoms with Crippen LogP contribution in [0.2, 0.25) is 36.3 Å². The summed E-state index contributed by atoms with van der Waals surface area (Å²) >= 11 is 0. The molecule has 1 aromatic heterocycles. The van der Waals surface area contributed by atoms with E-state index in [1.165, 1.54) is 222 Å². The highest BCUT2D eigenvalue weighted by Crippen LogP contribution is 2.46. The molecule has 1 fully saturated rings. The minimum absolute atomic E-state index is 0.127. The number of hydrogen-bond acceptors (Lipinski definition) is 7. The van der Waals surface area contributed by atoms with Crippen LogP contribution in [0.25, 0.3) is 0 Å². The molecule has 0 N–H and O–H groups in total. The van der Waals surface area contributed by atoms with Crippen LogP contribution in [0.4, 0.5) is 0 Å². The van der Waals surface area contributed by atoms with E-state index < -0.39 is 58.3 Å². The van der Waals surface area contributed by atoms with Crippen molar-refractivity contribution in [3.63, 3.8) is 0 Å². The van der Waals surface area contributed by atoms with Gasteiger partial charge in [0.1, 0.15) is 18.3 Å². The molecule has 2 heterocycles. The summed E-state index contributed by atoms with van der Waals surface area (Å²) < 4.78 is 24.4. The van der Waals surface area contributed by atoms with Crippen LogP contribution in [0.1, 0.15) is 356 Å². The molecule has 1 amide bonds. The van der Waals surface area contributed by atoms with E-state index in [9.17, 15) is 19.2 Å². The second-order valence-corrected chi connectivity index (χ2v) is 38.5. The third-order valence-electron chi connectivity index (χ3n) is 19.3. The van der Waals surface area contributed by atoms with Gasteiger partial charge < -0.3 is 18.5 Å². The van der Waals surface area contributed by atoms with Crippen molar-refractivity contribution < 1.29 is 23.2 Å². The molecule has 4 atom stereocenters. The Kier molecular flexibility index (Phi) is 41.5. The van der Waals surface area contributed by atoms with Crippen molar-refractivity contribution in [3.8, 4) is 0 Å². The molecule has 83 heavy (non-hydrogen) atoms. The van der Waals surface area contributed by atoms with Crippen molar-refractivity contribution in [2.75, 3.05) is 13.1 Å². The molecule has 0 bridgehead atoms. The predicted octanol–water partition coefficient (Wildman–Crippen LogP) is 21.4. The van der Waals surface area contributed by atoms with Crippen molar-refractivity contribution in [1.29, 1.82) is 0 Å². The summed E-state index contributed by atoms with van der Waals surface area (Å²) in [7, 11) is -5.12. The second kappa shape index (κ2) is 44.5. The van der Waals surface area contributed by atoms with Gasteiger partial charge in [0.05, 0.1) is 0 Å². The topological polar surface area (TPSA) is 109 Å². The van der Waals surface area contributed by atoms with Crippen LogP contribution < -0.4 is 11.2 Å². The monoisotopic (exact) mass is 1200 g/mol. The van der Waals surface area contributed by atoms with Gasteiger partial charge in [-0.25, -0.2) is 4.79 Å². The fourth-order valence-electron chi connectivity index (χ4n) is 11.5. The van der Waals surface area contributed by atoms with E-state index >= 15 is 0 Å². The SMILES string of the molecule is CCCCCCCCCCCCCCCCCCN(C[C@H]1O[C@@H](n2ccc(=O)n(C(=O)CCCCCCCCCCCCCCC)c2=O)[C@H](O[Si](C)(C)C(C)(C)C)[C@@H]1O[Si](C)(C)C(C)(C)C)C(=O)CCCCCCCCCCCCCCC. The number of unbranched alkanes of at least 4 members (excludes halogenated alkanes) is 39. The van der Waals surface area contributed by atoms with E-state index in [-0.39, 0.29) is 22.4 Å². The van der Waals surface area contributed by atoms with Crippen LogP contribution in [0, 0.1) is 0 Å². The van der Waals surface area contributed by atoms with Crippen LogP contribution >= 0.6 is 0 Å². The van der Waals surface area contributed by atoms with Gasteiger partial charge in [-0.05, 0) is 55.5 Å². The van der Waals surface area contributed by atoms with Crippen LogP contribution in [0.15, 0.2) is 21.9 Å².